The van der Waals surface area contributed by atoms with Crippen molar-refractivity contribution in [1.29, 1.82) is 0 Å². The Balaban J connectivity index is 1.27. The normalized spacial score (nSPS) is 12.7. The number of para-hydroxylation sites is 2. The molecule has 50 heavy (non-hydrogen) atoms. The molecule has 1 aliphatic heterocycles. The Hall–Kier alpha value is -6.58. The third kappa shape index (κ3) is 4.99. The molecule has 0 saturated heterocycles. The second kappa shape index (κ2) is 12.5. The van der Waals surface area contributed by atoms with Gasteiger partial charge in [-0.25, -0.2) is 9.97 Å². The van der Waals surface area contributed by atoms with Gasteiger partial charge in [0.25, 0.3) is 0 Å². The molecule has 0 atom stereocenters. The monoisotopic (exact) mass is 640 g/mol. The third-order valence-electron chi connectivity index (χ3n) is 9.64. The van der Waals surface area contributed by atoms with E-state index in [1.807, 2.05) is 48.5 Å². The van der Waals surface area contributed by atoms with Gasteiger partial charge in [-0.05, 0) is 46.5 Å². The average Bonchev–Trinajstić information content (AvgIpc) is 3.21. The first-order valence-corrected chi connectivity index (χ1v) is 16.9. The van der Waals surface area contributed by atoms with Gasteiger partial charge in [-0.15, -0.1) is 0 Å². The molecule has 0 spiro atoms. The summed E-state index contributed by atoms with van der Waals surface area (Å²) in [5, 5.41) is 0. The van der Waals surface area contributed by atoms with Crippen LogP contribution in [0.1, 0.15) is 22.3 Å². The predicted molar refractivity (Wildman–Crippen MR) is 202 cm³/mol. The van der Waals surface area contributed by atoms with Crippen LogP contribution in [-0.2, 0) is 5.41 Å². The Labute approximate surface area is 292 Å². The van der Waals surface area contributed by atoms with Gasteiger partial charge in [0, 0.05) is 27.8 Å². The zero-order valence-electron chi connectivity index (χ0n) is 27.3. The Morgan fingerprint density at radius 1 is 0.360 bits per heavy atom. The van der Waals surface area contributed by atoms with Gasteiger partial charge in [-0.3, -0.25) is 0 Å². The highest BCUT2D eigenvalue weighted by Gasteiger charge is 2.46. The van der Waals surface area contributed by atoms with E-state index in [-0.39, 0.29) is 0 Å². The summed E-state index contributed by atoms with van der Waals surface area (Å²) in [5.41, 5.74) is 11.0. The van der Waals surface area contributed by atoms with E-state index in [1.165, 1.54) is 11.1 Å². The summed E-state index contributed by atoms with van der Waals surface area (Å²) in [6, 6.07) is 67.9. The maximum Gasteiger partial charge on any atom is 0.160 e. The Bertz CT molecular complexity index is 2350. The maximum atomic E-state index is 6.58. The summed E-state index contributed by atoms with van der Waals surface area (Å²) in [7, 11) is 0. The van der Waals surface area contributed by atoms with Gasteiger partial charge in [0.1, 0.15) is 11.5 Å². The van der Waals surface area contributed by atoms with Crippen molar-refractivity contribution < 1.29 is 4.74 Å². The van der Waals surface area contributed by atoms with Crippen LogP contribution in [0.4, 0.5) is 0 Å². The molecule has 7 aromatic carbocycles. The lowest BCUT2D eigenvalue weighted by Crippen LogP contribution is -2.34. The summed E-state index contributed by atoms with van der Waals surface area (Å²) >= 11 is 0. The van der Waals surface area contributed by atoms with E-state index in [0.717, 1.165) is 61.8 Å². The molecule has 0 unspecified atom stereocenters. The van der Waals surface area contributed by atoms with Crippen molar-refractivity contribution in [3.8, 4) is 56.5 Å². The van der Waals surface area contributed by atoms with Gasteiger partial charge in [-0.2, -0.15) is 0 Å². The molecule has 0 saturated carbocycles. The van der Waals surface area contributed by atoms with E-state index in [0.29, 0.717) is 5.82 Å². The number of hydrogen-bond donors (Lipinski definition) is 0. The van der Waals surface area contributed by atoms with Crippen LogP contribution < -0.4 is 4.74 Å². The number of nitrogens with zero attached hydrogens (tertiary/aromatic N) is 2. The summed E-state index contributed by atoms with van der Waals surface area (Å²) in [5.74, 6) is 2.43. The number of aromatic nitrogens is 2. The molecular weight excluding hydrogens is 609 g/mol. The fraction of sp³-hybridized carbons (Fsp3) is 0.0213. The first-order chi connectivity index (χ1) is 24.8. The number of hydrogen-bond acceptors (Lipinski definition) is 3. The number of benzene rings is 7. The molecule has 0 bridgehead atoms. The van der Waals surface area contributed by atoms with E-state index in [2.05, 4.69) is 146 Å². The van der Waals surface area contributed by atoms with E-state index in [9.17, 15) is 0 Å². The minimum absolute atomic E-state index is 0.630. The smallest absolute Gasteiger partial charge is 0.160 e. The molecule has 9 rings (SSSR count). The van der Waals surface area contributed by atoms with Crippen molar-refractivity contribution >= 4 is 0 Å². The van der Waals surface area contributed by atoms with Crippen LogP contribution in [-0.4, -0.2) is 9.97 Å². The van der Waals surface area contributed by atoms with Crippen molar-refractivity contribution in [2.45, 2.75) is 5.41 Å². The Morgan fingerprint density at radius 2 is 0.840 bits per heavy atom. The topological polar surface area (TPSA) is 35.0 Å². The number of ether oxygens (including phenoxy) is 1. The van der Waals surface area contributed by atoms with Crippen molar-refractivity contribution in [3.63, 3.8) is 0 Å². The zero-order valence-corrected chi connectivity index (χ0v) is 27.3. The van der Waals surface area contributed by atoms with E-state index >= 15 is 0 Å². The van der Waals surface area contributed by atoms with E-state index in [4.69, 9.17) is 14.7 Å². The van der Waals surface area contributed by atoms with Gasteiger partial charge in [-0.1, -0.05) is 170 Å². The van der Waals surface area contributed by atoms with Crippen LogP contribution in [0.2, 0.25) is 0 Å². The SMILES string of the molecule is c1ccc(-c2cc(-c3cccc(-c4ccccc4C4(c5ccccc5)c5ccccc5Oc5ccccc54)c3)nc(-c3ccccc3)n2)cc1. The predicted octanol–water partition coefficient (Wildman–Crippen LogP) is 11.6. The first kappa shape index (κ1) is 29.6. The van der Waals surface area contributed by atoms with Gasteiger partial charge in [0.05, 0.1) is 16.8 Å². The molecule has 0 fully saturated rings. The van der Waals surface area contributed by atoms with Crippen molar-refractivity contribution in [3.05, 3.63) is 216 Å². The van der Waals surface area contributed by atoms with E-state index in [1.54, 1.807) is 0 Å². The first-order valence-electron chi connectivity index (χ1n) is 16.9. The van der Waals surface area contributed by atoms with Crippen LogP contribution in [0.3, 0.4) is 0 Å². The van der Waals surface area contributed by atoms with Crippen LogP contribution in [0.15, 0.2) is 194 Å². The third-order valence-corrected chi connectivity index (χ3v) is 9.64. The minimum atomic E-state index is -0.630. The van der Waals surface area contributed by atoms with Crippen LogP contribution in [0.5, 0.6) is 11.5 Å². The molecule has 1 aromatic heterocycles. The standard InChI is InChI=1S/C47H32N2O/c1-4-17-33(18-5-1)42-32-43(49-46(48-42)34-19-6-2-7-20-34)36-22-16-21-35(31-36)38-25-10-11-26-39(38)47(37-23-8-3-9-24-37)40-27-12-14-29-44(40)50-45-30-15-13-28-41(45)47/h1-32H. The van der Waals surface area contributed by atoms with E-state index < -0.39 is 5.41 Å². The molecular formula is C47H32N2O. The van der Waals surface area contributed by atoms with Crippen LogP contribution >= 0.6 is 0 Å². The molecule has 2 heterocycles. The second-order valence-corrected chi connectivity index (χ2v) is 12.5. The highest BCUT2D eigenvalue weighted by Crippen LogP contribution is 2.56. The Morgan fingerprint density at radius 3 is 1.50 bits per heavy atom. The largest absolute Gasteiger partial charge is 0.457 e. The summed E-state index contributed by atoms with van der Waals surface area (Å²) in [4.78, 5) is 10.2. The molecule has 0 amide bonds. The summed E-state index contributed by atoms with van der Waals surface area (Å²) < 4.78 is 6.58. The second-order valence-electron chi connectivity index (χ2n) is 12.5. The van der Waals surface area contributed by atoms with Crippen molar-refractivity contribution in [2.24, 2.45) is 0 Å². The molecule has 3 nitrogen and oxygen atoms in total. The lowest BCUT2D eigenvalue weighted by Gasteiger charge is -2.42. The lowest BCUT2D eigenvalue weighted by atomic mass is 9.62. The van der Waals surface area contributed by atoms with Crippen LogP contribution in [0.25, 0.3) is 45.0 Å². The molecule has 0 N–H and O–H groups in total. The minimum Gasteiger partial charge on any atom is -0.457 e. The van der Waals surface area contributed by atoms with Crippen molar-refractivity contribution in [2.75, 3.05) is 0 Å². The quantitative estimate of drug-likeness (QED) is 0.181. The fourth-order valence-electron chi connectivity index (χ4n) is 7.42. The average molecular weight is 641 g/mol. The lowest BCUT2D eigenvalue weighted by molar-refractivity contribution is 0.434. The van der Waals surface area contributed by atoms with Gasteiger partial charge in [0.15, 0.2) is 5.82 Å². The van der Waals surface area contributed by atoms with Crippen LogP contribution in [0, 0.1) is 0 Å². The van der Waals surface area contributed by atoms with Gasteiger partial charge in [0.2, 0.25) is 0 Å². The molecule has 0 radical (unpaired) electrons. The number of fused-ring (bicyclic) bond motifs is 2. The van der Waals surface area contributed by atoms with Crippen molar-refractivity contribution in [1.82, 2.24) is 9.97 Å². The Kier molecular flexibility index (Phi) is 7.37. The highest BCUT2D eigenvalue weighted by atomic mass is 16.5. The molecule has 3 heteroatoms. The molecule has 8 aromatic rings. The molecule has 1 aliphatic rings. The van der Waals surface area contributed by atoms with Gasteiger partial charge < -0.3 is 4.74 Å². The highest BCUT2D eigenvalue weighted by molar-refractivity contribution is 5.81. The number of rotatable bonds is 6. The zero-order chi connectivity index (χ0) is 33.3. The van der Waals surface area contributed by atoms with Gasteiger partial charge >= 0.3 is 0 Å². The summed E-state index contributed by atoms with van der Waals surface area (Å²) in [6.07, 6.45) is 0. The molecule has 236 valence electrons. The summed E-state index contributed by atoms with van der Waals surface area (Å²) in [6.45, 7) is 0. The molecule has 0 aliphatic carbocycles. The maximum absolute atomic E-state index is 6.58. The fourth-order valence-corrected chi connectivity index (χ4v) is 7.42.